The lowest BCUT2D eigenvalue weighted by molar-refractivity contribution is -0.129. The van der Waals surface area contributed by atoms with Gasteiger partial charge >= 0.3 is 0 Å². The highest BCUT2D eigenvalue weighted by Gasteiger charge is 2.34. The lowest BCUT2D eigenvalue weighted by atomic mass is 10.0. The Morgan fingerprint density at radius 3 is 2.47 bits per heavy atom. The third-order valence-corrected chi connectivity index (χ3v) is 3.68. The van der Waals surface area contributed by atoms with E-state index in [0.717, 1.165) is 6.54 Å². The SMILES string of the molecule is C[C@H](N)[C@H]1CC(=O)N([C@@H](C)c2ccccc2)C1. The molecule has 1 aliphatic rings. The summed E-state index contributed by atoms with van der Waals surface area (Å²) < 4.78 is 0. The van der Waals surface area contributed by atoms with Gasteiger partial charge in [-0.25, -0.2) is 0 Å². The first-order chi connectivity index (χ1) is 8.09. The fourth-order valence-electron chi connectivity index (χ4n) is 2.40. The van der Waals surface area contributed by atoms with Crippen LogP contribution in [0.5, 0.6) is 0 Å². The minimum absolute atomic E-state index is 0.0897. The molecule has 1 aromatic rings. The first kappa shape index (κ1) is 12.1. The van der Waals surface area contributed by atoms with Crippen LogP contribution >= 0.6 is 0 Å². The Kier molecular flexibility index (Phi) is 3.48. The van der Waals surface area contributed by atoms with Crippen molar-refractivity contribution in [2.45, 2.75) is 32.4 Å². The Balaban J connectivity index is 2.11. The highest BCUT2D eigenvalue weighted by Crippen LogP contribution is 2.29. The second-order valence-electron chi connectivity index (χ2n) is 4.96. The molecule has 0 unspecified atom stereocenters. The molecule has 92 valence electrons. The van der Waals surface area contributed by atoms with Gasteiger partial charge in [0.2, 0.25) is 5.91 Å². The van der Waals surface area contributed by atoms with E-state index in [9.17, 15) is 4.79 Å². The number of nitrogens with two attached hydrogens (primary N) is 1. The van der Waals surface area contributed by atoms with E-state index in [-0.39, 0.29) is 18.0 Å². The van der Waals surface area contributed by atoms with Gasteiger partial charge in [-0.2, -0.15) is 0 Å². The Labute approximate surface area is 103 Å². The summed E-state index contributed by atoms with van der Waals surface area (Å²) in [7, 11) is 0. The van der Waals surface area contributed by atoms with Crippen LogP contribution in [0.4, 0.5) is 0 Å². The molecule has 1 amide bonds. The van der Waals surface area contributed by atoms with Crippen LogP contribution in [-0.2, 0) is 4.79 Å². The Morgan fingerprint density at radius 1 is 1.29 bits per heavy atom. The summed E-state index contributed by atoms with van der Waals surface area (Å²) in [6, 6.07) is 10.4. The molecular formula is C14H20N2O. The number of nitrogens with zero attached hydrogens (tertiary/aromatic N) is 1. The maximum Gasteiger partial charge on any atom is 0.223 e. The zero-order valence-electron chi connectivity index (χ0n) is 10.5. The van der Waals surface area contributed by atoms with Gasteiger partial charge in [-0.05, 0) is 19.4 Å². The molecule has 3 nitrogen and oxygen atoms in total. The van der Waals surface area contributed by atoms with E-state index in [1.807, 2.05) is 30.0 Å². The molecule has 17 heavy (non-hydrogen) atoms. The molecule has 1 heterocycles. The van der Waals surface area contributed by atoms with Crippen molar-refractivity contribution in [3.63, 3.8) is 0 Å². The molecule has 3 heteroatoms. The second-order valence-corrected chi connectivity index (χ2v) is 4.96. The summed E-state index contributed by atoms with van der Waals surface area (Å²) in [5.74, 6) is 0.525. The van der Waals surface area contributed by atoms with Crippen molar-refractivity contribution in [3.05, 3.63) is 35.9 Å². The first-order valence-electron chi connectivity index (χ1n) is 6.19. The third-order valence-electron chi connectivity index (χ3n) is 3.68. The number of carbonyl (C=O) groups excluding carboxylic acids is 1. The maximum atomic E-state index is 12.0. The standard InChI is InChI=1S/C14H20N2O/c1-10(15)13-8-14(17)16(9-13)11(2)12-6-4-3-5-7-12/h3-7,10-11,13H,8-9,15H2,1-2H3/t10-,11-,13-/m0/s1. The summed E-state index contributed by atoms with van der Waals surface area (Å²) in [5.41, 5.74) is 7.07. The smallest absolute Gasteiger partial charge is 0.223 e. The molecular weight excluding hydrogens is 212 g/mol. The molecule has 0 aromatic heterocycles. The molecule has 1 fully saturated rings. The molecule has 3 atom stereocenters. The summed E-state index contributed by atoms with van der Waals surface area (Å²) >= 11 is 0. The summed E-state index contributed by atoms with van der Waals surface area (Å²) in [5, 5.41) is 0. The Hall–Kier alpha value is -1.35. The van der Waals surface area contributed by atoms with E-state index in [4.69, 9.17) is 5.73 Å². The van der Waals surface area contributed by atoms with Crippen LogP contribution < -0.4 is 5.73 Å². The quantitative estimate of drug-likeness (QED) is 0.865. The van der Waals surface area contributed by atoms with Crippen molar-refractivity contribution in [1.29, 1.82) is 0 Å². The van der Waals surface area contributed by atoms with Gasteiger partial charge in [-0.1, -0.05) is 30.3 Å². The molecule has 1 aromatic carbocycles. The summed E-state index contributed by atoms with van der Waals surface area (Å²) in [6.45, 7) is 4.85. The lowest BCUT2D eigenvalue weighted by Gasteiger charge is -2.25. The highest BCUT2D eigenvalue weighted by atomic mass is 16.2. The van der Waals surface area contributed by atoms with Crippen molar-refractivity contribution in [3.8, 4) is 0 Å². The van der Waals surface area contributed by atoms with Gasteiger partial charge < -0.3 is 10.6 Å². The number of amides is 1. The van der Waals surface area contributed by atoms with Crippen molar-refractivity contribution < 1.29 is 4.79 Å². The zero-order valence-corrected chi connectivity index (χ0v) is 10.5. The van der Waals surface area contributed by atoms with Crippen LogP contribution in [0.3, 0.4) is 0 Å². The average Bonchev–Trinajstić information content (AvgIpc) is 2.72. The van der Waals surface area contributed by atoms with E-state index in [2.05, 4.69) is 19.1 Å². The molecule has 0 spiro atoms. The maximum absolute atomic E-state index is 12.0. The minimum atomic E-state index is 0.0897. The molecule has 1 aliphatic heterocycles. The van der Waals surface area contributed by atoms with Gasteiger partial charge in [0.25, 0.3) is 0 Å². The Morgan fingerprint density at radius 2 is 1.94 bits per heavy atom. The minimum Gasteiger partial charge on any atom is -0.336 e. The summed E-state index contributed by atoms with van der Waals surface area (Å²) in [6.07, 6.45) is 0.592. The van der Waals surface area contributed by atoms with E-state index >= 15 is 0 Å². The number of likely N-dealkylation sites (tertiary alicyclic amines) is 1. The highest BCUT2D eigenvalue weighted by molar-refractivity contribution is 5.79. The molecule has 0 aliphatic carbocycles. The molecule has 0 saturated carbocycles. The van der Waals surface area contributed by atoms with Gasteiger partial charge in [-0.15, -0.1) is 0 Å². The Bertz CT molecular complexity index is 388. The lowest BCUT2D eigenvalue weighted by Crippen LogP contribution is -2.32. The number of hydrogen-bond acceptors (Lipinski definition) is 2. The number of benzene rings is 1. The van der Waals surface area contributed by atoms with Crippen LogP contribution in [0.1, 0.15) is 31.9 Å². The zero-order chi connectivity index (χ0) is 12.4. The fraction of sp³-hybridized carbons (Fsp3) is 0.500. The fourth-order valence-corrected chi connectivity index (χ4v) is 2.40. The number of rotatable bonds is 3. The van der Waals surface area contributed by atoms with E-state index < -0.39 is 0 Å². The molecule has 1 saturated heterocycles. The van der Waals surface area contributed by atoms with Gasteiger partial charge in [0.1, 0.15) is 0 Å². The normalized spacial score (nSPS) is 23.8. The van der Waals surface area contributed by atoms with Gasteiger partial charge in [0, 0.05) is 24.9 Å². The van der Waals surface area contributed by atoms with Crippen LogP contribution in [0, 0.1) is 5.92 Å². The van der Waals surface area contributed by atoms with Crippen molar-refractivity contribution in [1.82, 2.24) is 4.90 Å². The van der Waals surface area contributed by atoms with Crippen LogP contribution in [0.2, 0.25) is 0 Å². The van der Waals surface area contributed by atoms with E-state index in [0.29, 0.717) is 12.3 Å². The first-order valence-corrected chi connectivity index (χ1v) is 6.19. The van der Waals surface area contributed by atoms with Gasteiger partial charge in [0.15, 0.2) is 0 Å². The van der Waals surface area contributed by atoms with Crippen molar-refractivity contribution >= 4 is 5.91 Å². The monoisotopic (exact) mass is 232 g/mol. The third kappa shape index (κ3) is 2.50. The van der Waals surface area contributed by atoms with Crippen LogP contribution in [0.15, 0.2) is 30.3 Å². The summed E-state index contributed by atoms with van der Waals surface area (Å²) in [4.78, 5) is 13.9. The topological polar surface area (TPSA) is 46.3 Å². The van der Waals surface area contributed by atoms with E-state index in [1.165, 1.54) is 5.56 Å². The predicted molar refractivity (Wildman–Crippen MR) is 68.3 cm³/mol. The van der Waals surface area contributed by atoms with E-state index in [1.54, 1.807) is 0 Å². The molecule has 2 N–H and O–H groups in total. The number of carbonyl (C=O) groups is 1. The largest absolute Gasteiger partial charge is 0.336 e. The average molecular weight is 232 g/mol. The number of hydrogen-bond donors (Lipinski definition) is 1. The van der Waals surface area contributed by atoms with Crippen molar-refractivity contribution in [2.24, 2.45) is 11.7 Å². The van der Waals surface area contributed by atoms with Gasteiger partial charge in [0.05, 0.1) is 6.04 Å². The van der Waals surface area contributed by atoms with Crippen molar-refractivity contribution in [2.75, 3.05) is 6.54 Å². The second kappa shape index (κ2) is 4.88. The molecule has 0 radical (unpaired) electrons. The van der Waals surface area contributed by atoms with Gasteiger partial charge in [-0.3, -0.25) is 4.79 Å². The van der Waals surface area contributed by atoms with Crippen LogP contribution in [0.25, 0.3) is 0 Å². The molecule has 2 rings (SSSR count). The predicted octanol–water partition coefficient (Wildman–Crippen LogP) is 1.94. The van der Waals surface area contributed by atoms with Crippen LogP contribution in [-0.4, -0.2) is 23.4 Å². The molecule has 0 bridgehead atoms.